The quantitative estimate of drug-likeness (QED) is 0.711. The molecule has 5 heteroatoms. The molecule has 1 saturated heterocycles. The number of rotatable bonds is 3. The molecule has 29 heavy (non-hydrogen) atoms. The summed E-state index contributed by atoms with van der Waals surface area (Å²) in [6.45, 7) is 5.59. The van der Waals surface area contributed by atoms with E-state index in [-0.39, 0.29) is 17.2 Å². The zero-order valence-electron chi connectivity index (χ0n) is 17.5. The summed E-state index contributed by atoms with van der Waals surface area (Å²) >= 11 is 0. The Morgan fingerprint density at radius 2 is 1.86 bits per heavy atom. The van der Waals surface area contributed by atoms with Crippen LogP contribution in [0.25, 0.3) is 11.1 Å². The number of benzene rings is 1. The van der Waals surface area contributed by atoms with Crippen LogP contribution in [0.2, 0.25) is 0 Å². The van der Waals surface area contributed by atoms with Crippen molar-refractivity contribution in [2.24, 2.45) is 5.41 Å². The van der Waals surface area contributed by atoms with E-state index in [0.717, 1.165) is 67.7 Å². The van der Waals surface area contributed by atoms with Crippen molar-refractivity contribution in [2.75, 3.05) is 13.1 Å². The van der Waals surface area contributed by atoms with Crippen LogP contribution in [0.1, 0.15) is 69.3 Å². The lowest BCUT2D eigenvalue weighted by molar-refractivity contribution is -0.144. The lowest BCUT2D eigenvalue weighted by Crippen LogP contribution is -2.47. The number of hydrogen-bond acceptors (Lipinski definition) is 3. The van der Waals surface area contributed by atoms with Gasteiger partial charge in [-0.3, -0.25) is 4.79 Å². The molecule has 2 fully saturated rings. The van der Waals surface area contributed by atoms with E-state index in [1.807, 2.05) is 13.1 Å². The molecule has 0 unspecified atom stereocenters. The van der Waals surface area contributed by atoms with Crippen molar-refractivity contribution in [1.29, 1.82) is 0 Å². The van der Waals surface area contributed by atoms with E-state index in [1.54, 1.807) is 12.1 Å². The minimum atomic E-state index is -0.251. The summed E-state index contributed by atoms with van der Waals surface area (Å²) in [6.07, 6.45) is 9.38. The Kier molecular flexibility index (Phi) is 5.66. The molecule has 1 aliphatic heterocycles. The van der Waals surface area contributed by atoms with Crippen LogP contribution in [0.15, 0.2) is 30.5 Å². The van der Waals surface area contributed by atoms with Crippen LogP contribution < -0.4 is 0 Å². The standard InChI is InChI=1S/C24H30FN3O/c1-17-26-15-21(18-8-10-20(25)11-9-18)22(27-17)19-7-6-14-28(16-19)23(29)24(2)12-4-3-5-13-24/h8-11,15,19H,3-7,12-14,16H2,1-2H3/t19-/m0/s1. The normalized spacial score (nSPS) is 21.8. The lowest BCUT2D eigenvalue weighted by atomic mass is 9.74. The SMILES string of the molecule is Cc1ncc(-c2ccc(F)cc2)c([C@H]2CCCN(C(=O)C3(C)CCCCC3)C2)n1. The molecule has 2 aromatic rings. The molecule has 1 saturated carbocycles. The minimum absolute atomic E-state index is 0.182. The predicted octanol–water partition coefficient (Wildman–Crippen LogP) is 5.27. The van der Waals surface area contributed by atoms with Gasteiger partial charge in [0, 0.05) is 36.2 Å². The minimum Gasteiger partial charge on any atom is -0.342 e. The van der Waals surface area contributed by atoms with Crippen molar-refractivity contribution in [3.05, 3.63) is 47.8 Å². The van der Waals surface area contributed by atoms with Crippen LogP contribution in [-0.4, -0.2) is 33.9 Å². The van der Waals surface area contributed by atoms with E-state index in [1.165, 1.54) is 18.6 Å². The van der Waals surface area contributed by atoms with E-state index in [0.29, 0.717) is 12.5 Å². The third-order valence-electron chi connectivity index (χ3n) is 6.66. The molecule has 1 amide bonds. The van der Waals surface area contributed by atoms with Gasteiger partial charge < -0.3 is 4.90 Å². The second kappa shape index (κ2) is 8.21. The van der Waals surface area contributed by atoms with Gasteiger partial charge in [0.05, 0.1) is 5.69 Å². The third-order valence-corrected chi connectivity index (χ3v) is 6.66. The Hall–Kier alpha value is -2.30. The first-order valence-corrected chi connectivity index (χ1v) is 10.9. The number of amides is 1. The van der Waals surface area contributed by atoms with Gasteiger partial charge in [0.15, 0.2) is 0 Å². The van der Waals surface area contributed by atoms with E-state index in [2.05, 4.69) is 16.8 Å². The number of halogens is 1. The van der Waals surface area contributed by atoms with Crippen LogP contribution >= 0.6 is 0 Å². The number of aromatic nitrogens is 2. The highest BCUT2D eigenvalue weighted by atomic mass is 19.1. The van der Waals surface area contributed by atoms with Crippen LogP contribution in [-0.2, 0) is 4.79 Å². The monoisotopic (exact) mass is 395 g/mol. The summed E-state index contributed by atoms with van der Waals surface area (Å²) in [5.74, 6) is 0.977. The molecular weight excluding hydrogens is 365 g/mol. The van der Waals surface area contributed by atoms with E-state index >= 15 is 0 Å². The van der Waals surface area contributed by atoms with Crippen molar-refractivity contribution in [1.82, 2.24) is 14.9 Å². The van der Waals surface area contributed by atoms with E-state index in [4.69, 9.17) is 4.98 Å². The lowest BCUT2D eigenvalue weighted by Gasteiger charge is -2.41. The van der Waals surface area contributed by atoms with E-state index < -0.39 is 0 Å². The number of aryl methyl sites for hydroxylation is 1. The maximum Gasteiger partial charge on any atom is 0.228 e. The Bertz CT molecular complexity index is 874. The fourth-order valence-corrected chi connectivity index (χ4v) is 4.96. The first-order valence-electron chi connectivity index (χ1n) is 10.9. The molecule has 1 atom stereocenters. The molecule has 0 spiro atoms. The van der Waals surface area contributed by atoms with Crippen LogP contribution in [0.4, 0.5) is 4.39 Å². The second-order valence-corrected chi connectivity index (χ2v) is 8.93. The molecule has 154 valence electrons. The Labute approximate surface area is 172 Å². The fourth-order valence-electron chi connectivity index (χ4n) is 4.96. The largest absolute Gasteiger partial charge is 0.342 e. The Morgan fingerprint density at radius 1 is 1.14 bits per heavy atom. The van der Waals surface area contributed by atoms with Gasteiger partial charge in [-0.1, -0.05) is 38.3 Å². The molecule has 2 aliphatic rings. The first kappa shape index (κ1) is 20.0. The van der Waals surface area contributed by atoms with Crippen molar-refractivity contribution in [2.45, 2.75) is 64.7 Å². The van der Waals surface area contributed by atoms with Crippen molar-refractivity contribution < 1.29 is 9.18 Å². The van der Waals surface area contributed by atoms with Gasteiger partial charge >= 0.3 is 0 Å². The zero-order chi connectivity index (χ0) is 20.4. The molecule has 0 N–H and O–H groups in total. The molecule has 1 aromatic carbocycles. The summed E-state index contributed by atoms with van der Waals surface area (Å²) in [6, 6.07) is 6.50. The van der Waals surface area contributed by atoms with Crippen LogP contribution in [0.5, 0.6) is 0 Å². The summed E-state index contributed by atoms with van der Waals surface area (Å²) < 4.78 is 13.4. The van der Waals surface area contributed by atoms with Gasteiger partial charge in [0.25, 0.3) is 0 Å². The molecule has 4 rings (SSSR count). The summed E-state index contributed by atoms with van der Waals surface area (Å²) in [5.41, 5.74) is 2.64. The predicted molar refractivity (Wildman–Crippen MR) is 112 cm³/mol. The number of likely N-dealkylation sites (tertiary alicyclic amines) is 1. The Morgan fingerprint density at radius 3 is 2.59 bits per heavy atom. The summed E-state index contributed by atoms with van der Waals surface area (Å²) in [5, 5.41) is 0. The third kappa shape index (κ3) is 4.19. The number of nitrogens with zero attached hydrogens (tertiary/aromatic N) is 3. The Balaban J connectivity index is 1.60. The van der Waals surface area contributed by atoms with Crippen molar-refractivity contribution in [3.63, 3.8) is 0 Å². The van der Waals surface area contributed by atoms with Crippen LogP contribution in [0, 0.1) is 18.2 Å². The average Bonchev–Trinajstić information content (AvgIpc) is 2.74. The van der Waals surface area contributed by atoms with Crippen molar-refractivity contribution >= 4 is 5.91 Å². The van der Waals surface area contributed by atoms with Gasteiger partial charge in [-0.25, -0.2) is 14.4 Å². The highest BCUT2D eigenvalue weighted by molar-refractivity contribution is 5.82. The maximum atomic E-state index is 13.4. The van der Waals surface area contributed by atoms with Gasteiger partial charge in [0.2, 0.25) is 5.91 Å². The molecular formula is C24H30FN3O. The highest BCUT2D eigenvalue weighted by Gasteiger charge is 2.39. The molecule has 0 radical (unpaired) electrons. The van der Waals surface area contributed by atoms with Crippen LogP contribution in [0.3, 0.4) is 0 Å². The fraction of sp³-hybridized carbons (Fsp3) is 0.542. The zero-order valence-corrected chi connectivity index (χ0v) is 17.5. The molecule has 4 nitrogen and oxygen atoms in total. The van der Waals surface area contributed by atoms with E-state index in [9.17, 15) is 9.18 Å². The van der Waals surface area contributed by atoms with Gasteiger partial charge in [-0.2, -0.15) is 0 Å². The van der Waals surface area contributed by atoms with Gasteiger partial charge in [-0.05, 0) is 50.3 Å². The number of carbonyl (C=O) groups excluding carboxylic acids is 1. The topological polar surface area (TPSA) is 46.1 Å². The molecule has 1 aliphatic carbocycles. The number of piperidine rings is 1. The van der Waals surface area contributed by atoms with Gasteiger partial charge in [0.1, 0.15) is 11.6 Å². The molecule has 0 bridgehead atoms. The average molecular weight is 396 g/mol. The summed E-state index contributed by atoms with van der Waals surface area (Å²) in [4.78, 5) is 24.6. The molecule has 2 heterocycles. The number of carbonyl (C=O) groups is 1. The van der Waals surface area contributed by atoms with Gasteiger partial charge in [-0.15, -0.1) is 0 Å². The highest BCUT2D eigenvalue weighted by Crippen LogP contribution is 2.40. The second-order valence-electron chi connectivity index (χ2n) is 8.93. The number of hydrogen-bond donors (Lipinski definition) is 0. The van der Waals surface area contributed by atoms with Crippen molar-refractivity contribution in [3.8, 4) is 11.1 Å². The maximum absolute atomic E-state index is 13.4. The first-order chi connectivity index (χ1) is 14.0. The smallest absolute Gasteiger partial charge is 0.228 e. The molecule has 1 aromatic heterocycles. The summed E-state index contributed by atoms with van der Waals surface area (Å²) in [7, 11) is 0.